The number of aromatic nitrogens is 4. The van der Waals surface area contributed by atoms with Crippen LogP contribution in [0.3, 0.4) is 0 Å². The van der Waals surface area contributed by atoms with Gasteiger partial charge in [0.05, 0.1) is 11.7 Å². The van der Waals surface area contributed by atoms with Gasteiger partial charge in [0.15, 0.2) is 0 Å². The lowest BCUT2D eigenvalue weighted by Crippen LogP contribution is -1.86. The molecule has 4 nitrogen and oxygen atoms in total. The van der Waals surface area contributed by atoms with Crippen molar-refractivity contribution in [3.8, 4) is 0 Å². The Kier molecular flexibility index (Phi) is 3.07. The van der Waals surface area contributed by atoms with Gasteiger partial charge in [0, 0.05) is 17.8 Å². The molecule has 0 amide bonds. The Morgan fingerprint density at radius 2 is 2.00 bits per heavy atom. The van der Waals surface area contributed by atoms with Crippen LogP contribution < -0.4 is 0 Å². The van der Waals surface area contributed by atoms with Gasteiger partial charge in [-0.15, -0.1) is 10.2 Å². The molecule has 0 aromatic carbocycles. The Hall–Kier alpha value is -1.58. The highest BCUT2D eigenvalue weighted by molar-refractivity contribution is 5.75. The van der Waals surface area contributed by atoms with E-state index >= 15 is 0 Å². The van der Waals surface area contributed by atoms with Crippen LogP contribution in [0.15, 0.2) is 24.7 Å². The van der Waals surface area contributed by atoms with Crippen molar-refractivity contribution in [2.24, 2.45) is 0 Å². The van der Waals surface area contributed by atoms with Crippen LogP contribution in [0.2, 0.25) is 0 Å². The summed E-state index contributed by atoms with van der Waals surface area (Å²) in [6.07, 6.45) is 5.02. The lowest BCUT2D eigenvalue weighted by Gasteiger charge is -1.88. The maximum atomic E-state index is 3.91. The summed E-state index contributed by atoms with van der Waals surface area (Å²) >= 11 is 0. The van der Waals surface area contributed by atoms with Crippen LogP contribution in [0.25, 0.3) is 10.9 Å². The molecule has 62 valence electrons. The van der Waals surface area contributed by atoms with E-state index in [1.165, 1.54) is 0 Å². The monoisotopic (exact) mass is 162 g/mol. The highest BCUT2D eigenvalue weighted by Gasteiger charge is 1.89. The average molecular weight is 162 g/mol. The summed E-state index contributed by atoms with van der Waals surface area (Å²) in [6, 6.07) is 1.80. The molecule has 0 aliphatic rings. The molecule has 0 atom stereocenters. The third-order valence-electron chi connectivity index (χ3n) is 1.23. The van der Waals surface area contributed by atoms with E-state index in [1.54, 1.807) is 24.7 Å². The summed E-state index contributed by atoms with van der Waals surface area (Å²) in [5.74, 6) is 0. The third-order valence-corrected chi connectivity index (χ3v) is 1.23. The van der Waals surface area contributed by atoms with E-state index in [-0.39, 0.29) is 0 Å². The van der Waals surface area contributed by atoms with Crippen molar-refractivity contribution in [3.05, 3.63) is 24.7 Å². The minimum Gasteiger partial charge on any atom is -0.264 e. The van der Waals surface area contributed by atoms with Gasteiger partial charge in [-0.25, -0.2) is 0 Å². The predicted molar refractivity (Wildman–Crippen MR) is 46.5 cm³/mol. The van der Waals surface area contributed by atoms with Gasteiger partial charge in [-0.05, 0) is 11.3 Å². The molecule has 0 spiro atoms. The molecule has 0 aliphatic carbocycles. The molecule has 0 bridgehead atoms. The Labute approximate surface area is 70.7 Å². The molecule has 4 heteroatoms. The highest BCUT2D eigenvalue weighted by Crippen LogP contribution is 2.03. The maximum Gasteiger partial charge on any atom is 0.0994 e. The zero-order chi connectivity index (χ0) is 8.81. The standard InChI is InChI=1S/C6H4N4.C2H6/c1-2-7-3-5-4-8-10-9-6(1)5;1-2/h1-4H;1-2H3. The van der Waals surface area contributed by atoms with Gasteiger partial charge < -0.3 is 0 Å². The lowest BCUT2D eigenvalue weighted by atomic mass is 10.3. The minimum absolute atomic E-state index is 0.824. The van der Waals surface area contributed by atoms with E-state index in [2.05, 4.69) is 20.4 Å². The average Bonchev–Trinajstić information content (AvgIpc) is 2.21. The number of hydrogen-bond acceptors (Lipinski definition) is 4. The van der Waals surface area contributed by atoms with Gasteiger partial charge in [-0.1, -0.05) is 13.8 Å². The van der Waals surface area contributed by atoms with Gasteiger partial charge in [0.2, 0.25) is 0 Å². The molecule has 0 fully saturated rings. The smallest absolute Gasteiger partial charge is 0.0994 e. The molecule has 2 heterocycles. The van der Waals surface area contributed by atoms with Crippen molar-refractivity contribution in [1.29, 1.82) is 0 Å². The summed E-state index contributed by atoms with van der Waals surface area (Å²) in [4.78, 5) is 3.91. The van der Waals surface area contributed by atoms with Crippen LogP contribution in [0, 0.1) is 0 Å². The Morgan fingerprint density at radius 3 is 2.75 bits per heavy atom. The van der Waals surface area contributed by atoms with E-state index < -0.39 is 0 Å². The topological polar surface area (TPSA) is 51.6 Å². The number of rotatable bonds is 0. The summed E-state index contributed by atoms with van der Waals surface area (Å²) in [7, 11) is 0. The summed E-state index contributed by atoms with van der Waals surface area (Å²) in [6.45, 7) is 4.00. The molecule has 0 radical (unpaired) electrons. The van der Waals surface area contributed by atoms with Crippen molar-refractivity contribution in [1.82, 2.24) is 20.4 Å². The summed E-state index contributed by atoms with van der Waals surface area (Å²) < 4.78 is 0. The van der Waals surface area contributed by atoms with Crippen molar-refractivity contribution in [2.45, 2.75) is 13.8 Å². The predicted octanol–water partition coefficient (Wildman–Crippen LogP) is 1.45. The second-order valence-corrected chi connectivity index (χ2v) is 1.87. The molecule has 0 saturated heterocycles. The van der Waals surface area contributed by atoms with E-state index in [9.17, 15) is 0 Å². The van der Waals surface area contributed by atoms with Gasteiger partial charge in [-0.2, -0.15) is 0 Å². The molecular formula is C8H10N4. The molecule has 0 saturated carbocycles. The first kappa shape index (κ1) is 8.52. The normalized spacial score (nSPS) is 8.83. The number of nitrogens with zero attached hydrogens (tertiary/aromatic N) is 4. The summed E-state index contributed by atoms with van der Waals surface area (Å²) in [5, 5.41) is 11.8. The lowest BCUT2D eigenvalue weighted by molar-refractivity contribution is 0.894. The Bertz CT molecular complexity index is 282. The molecular weight excluding hydrogens is 152 g/mol. The molecule has 2 aromatic rings. The molecule has 0 N–H and O–H groups in total. The Balaban J connectivity index is 0.000000336. The molecule has 12 heavy (non-hydrogen) atoms. The minimum atomic E-state index is 0.824. The van der Waals surface area contributed by atoms with Crippen LogP contribution in [-0.2, 0) is 0 Å². The van der Waals surface area contributed by atoms with Crippen LogP contribution >= 0.6 is 0 Å². The fraction of sp³-hybridized carbons (Fsp3) is 0.250. The second-order valence-electron chi connectivity index (χ2n) is 1.87. The van der Waals surface area contributed by atoms with E-state index in [0.717, 1.165) is 10.9 Å². The van der Waals surface area contributed by atoms with Gasteiger partial charge in [0.1, 0.15) is 0 Å². The molecule has 0 unspecified atom stereocenters. The zero-order valence-corrected chi connectivity index (χ0v) is 7.10. The van der Waals surface area contributed by atoms with Crippen LogP contribution in [0.1, 0.15) is 13.8 Å². The first-order chi connectivity index (χ1) is 5.97. The molecule has 2 rings (SSSR count). The van der Waals surface area contributed by atoms with Crippen LogP contribution in [-0.4, -0.2) is 20.4 Å². The van der Waals surface area contributed by atoms with E-state index in [4.69, 9.17) is 0 Å². The van der Waals surface area contributed by atoms with Gasteiger partial charge in [0.25, 0.3) is 0 Å². The summed E-state index contributed by atoms with van der Waals surface area (Å²) in [5.41, 5.74) is 0.824. The number of hydrogen-bond donors (Lipinski definition) is 0. The van der Waals surface area contributed by atoms with Crippen molar-refractivity contribution in [3.63, 3.8) is 0 Å². The quantitative estimate of drug-likeness (QED) is 0.588. The van der Waals surface area contributed by atoms with Crippen LogP contribution in [0.5, 0.6) is 0 Å². The van der Waals surface area contributed by atoms with E-state index in [0.29, 0.717) is 0 Å². The van der Waals surface area contributed by atoms with E-state index in [1.807, 2.05) is 13.8 Å². The number of pyridine rings is 1. The fourth-order valence-electron chi connectivity index (χ4n) is 0.752. The van der Waals surface area contributed by atoms with Gasteiger partial charge >= 0.3 is 0 Å². The highest BCUT2D eigenvalue weighted by atomic mass is 15.3. The van der Waals surface area contributed by atoms with Crippen LogP contribution in [0.4, 0.5) is 0 Å². The van der Waals surface area contributed by atoms with Crippen molar-refractivity contribution >= 4 is 10.9 Å². The van der Waals surface area contributed by atoms with Crippen molar-refractivity contribution < 1.29 is 0 Å². The van der Waals surface area contributed by atoms with Crippen molar-refractivity contribution in [2.75, 3.05) is 0 Å². The first-order valence-corrected chi connectivity index (χ1v) is 3.85. The molecule has 0 aliphatic heterocycles. The fourth-order valence-corrected chi connectivity index (χ4v) is 0.752. The first-order valence-electron chi connectivity index (χ1n) is 3.85. The largest absolute Gasteiger partial charge is 0.264 e. The third kappa shape index (κ3) is 1.72. The second kappa shape index (κ2) is 4.33. The number of fused-ring (bicyclic) bond motifs is 1. The Morgan fingerprint density at radius 1 is 1.17 bits per heavy atom. The zero-order valence-electron chi connectivity index (χ0n) is 7.10. The molecule has 2 aromatic heterocycles. The SMILES string of the molecule is CC.c1cc2nnncc2cn1. The maximum absolute atomic E-state index is 3.91. The van der Waals surface area contributed by atoms with Gasteiger partial charge in [-0.3, -0.25) is 4.98 Å².